The van der Waals surface area contributed by atoms with Crippen LogP contribution in [0.1, 0.15) is 101 Å². The van der Waals surface area contributed by atoms with Crippen LogP contribution in [-0.2, 0) is 21.0 Å². The summed E-state index contributed by atoms with van der Waals surface area (Å²) in [5, 5.41) is 24.9. The molecule has 338 valence electrons. The normalized spacial score (nSPS) is 24.3. The lowest BCUT2D eigenvalue weighted by Crippen LogP contribution is -2.69. The standard InChI is InChI=1S/C55H66N2O7/c1-3-34-61-55-51(57(2)52(60)31-24-39-16-10-11-17-39)37-49(56-62-38-40-18-6-4-7-19-40)47-35-43(22-12-14-32-58)46(23-13-15-33-59)53(54(47)55)48-36-45(29-30-50(48)64-55)63-44-27-25-42(26-28-44)41-20-8-5-9-21-41/h3-9,18-21,25-30,35-36,39,43,46,51,53-54,58-59H,1,10-17,22-24,31-34,37-38H2,2H3/t43-,46+,51-,53+,54+,55+/m0/s1. The number of rotatable bonds is 21. The van der Waals surface area contributed by atoms with E-state index in [2.05, 4.69) is 43.0 Å². The number of hydrogen-bond donors (Lipinski definition) is 2. The smallest absolute Gasteiger partial charge is 0.239 e. The van der Waals surface area contributed by atoms with Crippen molar-refractivity contribution in [1.29, 1.82) is 0 Å². The summed E-state index contributed by atoms with van der Waals surface area (Å²) >= 11 is 0. The minimum atomic E-state index is -1.28. The van der Waals surface area contributed by atoms with Crippen LogP contribution in [0.5, 0.6) is 17.2 Å². The molecule has 8 rings (SSSR count). The second kappa shape index (κ2) is 21.6. The lowest BCUT2D eigenvalue weighted by atomic mass is 9.55. The average Bonchev–Trinajstić information content (AvgIpc) is 3.86. The van der Waals surface area contributed by atoms with Gasteiger partial charge >= 0.3 is 0 Å². The van der Waals surface area contributed by atoms with Crippen molar-refractivity contribution in [2.24, 2.45) is 28.8 Å². The number of likely N-dealkylation sites (N-methyl/N-ethyl adjacent to an activating group) is 1. The number of aliphatic hydroxyl groups excluding tert-OH is 2. The van der Waals surface area contributed by atoms with Gasteiger partial charge in [0.1, 0.15) is 29.9 Å². The number of unbranched alkanes of at least 4 members (excludes halogenated alkanes) is 2. The van der Waals surface area contributed by atoms with E-state index in [0.29, 0.717) is 49.7 Å². The Morgan fingerprint density at radius 2 is 1.55 bits per heavy atom. The van der Waals surface area contributed by atoms with Gasteiger partial charge in [-0.25, -0.2) is 0 Å². The van der Waals surface area contributed by atoms with E-state index in [9.17, 15) is 15.0 Å². The average molecular weight is 867 g/mol. The van der Waals surface area contributed by atoms with Crippen LogP contribution in [0.3, 0.4) is 0 Å². The molecule has 0 spiro atoms. The van der Waals surface area contributed by atoms with Crippen molar-refractivity contribution in [3.63, 3.8) is 0 Å². The van der Waals surface area contributed by atoms with Crippen LogP contribution in [0, 0.1) is 23.7 Å². The first-order chi connectivity index (χ1) is 31.4. The summed E-state index contributed by atoms with van der Waals surface area (Å²) in [7, 11) is 1.91. The van der Waals surface area contributed by atoms with Crippen molar-refractivity contribution >= 4 is 11.6 Å². The molecule has 2 N–H and O–H groups in total. The summed E-state index contributed by atoms with van der Waals surface area (Å²) in [6.45, 7) is 4.85. The molecule has 3 aliphatic carbocycles. The van der Waals surface area contributed by atoms with Crippen LogP contribution >= 0.6 is 0 Å². The molecule has 9 nitrogen and oxygen atoms in total. The highest BCUT2D eigenvalue weighted by atomic mass is 16.7. The number of ether oxygens (including phenoxy) is 3. The highest BCUT2D eigenvalue weighted by molar-refractivity contribution is 6.03. The van der Waals surface area contributed by atoms with Crippen molar-refractivity contribution in [2.45, 2.75) is 108 Å². The molecule has 1 aliphatic heterocycles. The van der Waals surface area contributed by atoms with E-state index in [1.54, 1.807) is 6.08 Å². The molecule has 0 aromatic heterocycles. The summed E-state index contributed by atoms with van der Waals surface area (Å²) in [6, 6.07) is 34.1. The van der Waals surface area contributed by atoms with E-state index in [-0.39, 0.29) is 49.4 Å². The Morgan fingerprint density at radius 1 is 0.859 bits per heavy atom. The van der Waals surface area contributed by atoms with Gasteiger partial charge in [-0.05, 0) is 102 Å². The molecule has 4 aromatic carbocycles. The molecule has 2 fully saturated rings. The number of allylic oxidation sites excluding steroid dienone is 1. The number of carbonyl (C=O) groups excluding carboxylic acids is 1. The minimum absolute atomic E-state index is 0.0700. The van der Waals surface area contributed by atoms with Gasteiger partial charge in [-0.3, -0.25) is 4.79 Å². The number of amides is 1. The van der Waals surface area contributed by atoms with Crippen LogP contribution in [0.25, 0.3) is 11.1 Å². The van der Waals surface area contributed by atoms with E-state index in [0.717, 1.165) is 71.4 Å². The number of fused-ring (bicyclic) bond motifs is 2. The van der Waals surface area contributed by atoms with Gasteiger partial charge < -0.3 is 34.2 Å². The fourth-order valence-corrected chi connectivity index (χ4v) is 11.0. The lowest BCUT2D eigenvalue weighted by molar-refractivity contribution is -0.255. The van der Waals surface area contributed by atoms with Gasteiger partial charge in [-0.2, -0.15) is 0 Å². The predicted molar refractivity (Wildman–Crippen MR) is 252 cm³/mol. The molecule has 64 heavy (non-hydrogen) atoms. The van der Waals surface area contributed by atoms with Gasteiger partial charge in [0.2, 0.25) is 11.7 Å². The maximum Gasteiger partial charge on any atom is 0.239 e. The summed E-state index contributed by atoms with van der Waals surface area (Å²) in [5.41, 5.74) is 6.11. The van der Waals surface area contributed by atoms with Crippen molar-refractivity contribution < 1.29 is 34.1 Å². The topological polar surface area (TPSA) is 110 Å². The SMILES string of the molecule is C=CCO[C@@]12Oc3ccc(Oc4ccc(-c5ccccc5)cc4)cc3[C@H]3[C@H](CCCCO)[C@@H](CCCCO)C=C(C(=NOCc4ccccc4)C[C@@H]1N(C)C(=O)CCC1CCCC1)[C@H]32. The predicted octanol–water partition coefficient (Wildman–Crippen LogP) is 11.4. The Morgan fingerprint density at radius 3 is 2.27 bits per heavy atom. The summed E-state index contributed by atoms with van der Waals surface area (Å²) in [4.78, 5) is 22.6. The third-order valence-corrected chi connectivity index (χ3v) is 14.2. The monoisotopic (exact) mass is 866 g/mol. The maximum absolute atomic E-state index is 14.5. The van der Waals surface area contributed by atoms with E-state index < -0.39 is 11.8 Å². The molecule has 6 atom stereocenters. The van der Waals surface area contributed by atoms with E-state index >= 15 is 0 Å². The van der Waals surface area contributed by atoms with Gasteiger partial charge in [0.25, 0.3) is 0 Å². The molecular weight excluding hydrogens is 801 g/mol. The van der Waals surface area contributed by atoms with Crippen LogP contribution in [0.4, 0.5) is 0 Å². The maximum atomic E-state index is 14.5. The number of aliphatic hydroxyl groups is 2. The van der Waals surface area contributed by atoms with Gasteiger partial charge in [0.15, 0.2) is 0 Å². The molecule has 1 amide bonds. The molecule has 4 aliphatic rings. The summed E-state index contributed by atoms with van der Waals surface area (Å²) < 4.78 is 21.1. The Balaban J connectivity index is 1.24. The van der Waals surface area contributed by atoms with Crippen molar-refractivity contribution in [1.82, 2.24) is 4.90 Å². The fraction of sp³-hybridized carbons (Fsp3) is 0.455. The number of benzene rings is 4. The fourth-order valence-electron chi connectivity index (χ4n) is 11.0. The van der Waals surface area contributed by atoms with E-state index in [1.165, 1.54) is 25.7 Å². The molecule has 0 radical (unpaired) electrons. The minimum Gasteiger partial charge on any atom is -0.459 e. The van der Waals surface area contributed by atoms with Gasteiger partial charge in [0, 0.05) is 44.6 Å². The number of hydrogen-bond acceptors (Lipinski definition) is 8. The Hall–Kier alpha value is -5.22. The summed E-state index contributed by atoms with van der Waals surface area (Å²) in [6.07, 6.45) is 15.5. The quantitative estimate of drug-likeness (QED) is 0.0487. The zero-order valence-electron chi connectivity index (χ0n) is 37.5. The van der Waals surface area contributed by atoms with Crippen LogP contribution in [-0.4, -0.2) is 65.4 Å². The first-order valence-corrected chi connectivity index (χ1v) is 23.8. The zero-order valence-corrected chi connectivity index (χ0v) is 37.5. The largest absolute Gasteiger partial charge is 0.459 e. The summed E-state index contributed by atoms with van der Waals surface area (Å²) in [5.74, 6) is 1.22. The number of oxime groups is 1. The highest BCUT2D eigenvalue weighted by Crippen LogP contribution is 2.62. The molecule has 2 saturated carbocycles. The Kier molecular flexibility index (Phi) is 15.3. The third kappa shape index (κ3) is 10.2. The third-order valence-electron chi connectivity index (χ3n) is 14.2. The first-order valence-electron chi connectivity index (χ1n) is 23.8. The molecule has 9 heteroatoms. The van der Waals surface area contributed by atoms with Crippen LogP contribution in [0.2, 0.25) is 0 Å². The first kappa shape index (κ1) is 45.4. The molecular formula is C55H66N2O7. The Labute approximate surface area is 379 Å². The van der Waals surface area contributed by atoms with Gasteiger partial charge in [-0.1, -0.05) is 129 Å². The molecule has 1 heterocycles. The van der Waals surface area contributed by atoms with Crippen molar-refractivity contribution in [3.8, 4) is 28.4 Å². The van der Waals surface area contributed by atoms with E-state index in [1.807, 2.05) is 84.7 Å². The number of carbonyl (C=O) groups is 1. The Bertz CT molecular complexity index is 2200. The molecule has 0 bridgehead atoms. The number of nitrogens with zero attached hydrogens (tertiary/aromatic N) is 2. The molecule has 4 aromatic rings. The molecule has 0 saturated heterocycles. The van der Waals surface area contributed by atoms with Crippen molar-refractivity contribution in [3.05, 3.63) is 139 Å². The lowest BCUT2D eigenvalue weighted by Gasteiger charge is -2.59. The second-order valence-corrected chi connectivity index (χ2v) is 18.2. The highest BCUT2D eigenvalue weighted by Gasteiger charge is 2.65. The van der Waals surface area contributed by atoms with Gasteiger partial charge in [-0.15, -0.1) is 6.58 Å². The zero-order chi connectivity index (χ0) is 44.3. The van der Waals surface area contributed by atoms with E-state index in [4.69, 9.17) is 24.2 Å². The van der Waals surface area contributed by atoms with Crippen molar-refractivity contribution in [2.75, 3.05) is 26.9 Å². The van der Waals surface area contributed by atoms with Crippen LogP contribution in [0.15, 0.2) is 133 Å². The molecule has 0 unspecified atom stereocenters. The van der Waals surface area contributed by atoms with Gasteiger partial charge in [0.05, 0.1) is 18.2 Å². The van der Waals surface area contributed by atoms with Crippen LogP contribution < -0.4 is 9.47 Å². The second-order valence-electron chi connectivity index (χ2n) is 18.2.